The first-order valence-corrected chi connectivity index (χ1v) is 12.3. The second-order valence-electron chi connectivity index (χ2n) is 9.05. The number of carbonyl (C=O) groups excluding carboxylic acids is 2. The highest BCUT2D eigenvalue weighted by Gasteiger charge is 2.31. The summed E-state index contributed by atoms with van der Waals surface area (Å²) >= 11 is 0. The van der Waals surface area contributed by atoms with E-state index in [2.05, 4.69) is 22.5 Å². The molecule has 0 spiro atoms. The van der Waals surface area contributed by atoms with E-state index in [1.807, 2.05) is 4.90 Å². The van der Waals surface area contributed by atoms with Crippen LogP contribution in [0.2, 0.25) is 0 Å². The third-order valence-electron chi connectivity index (χ3n) is 6.67. The number of halogens is 1. The van der Waals surface area contributed by atoms with Gasteiger partial charge in [0.15, 0.2) is 5.96 Å². The van der Waals surface area contributed by atoms with Gasteiger partial charge in [0.05, 0.1) is 0 Å². The lowest BCUT2D eigenvalue weighted by atomic mass is 9.88. The van der Waals surface area contributed by atoms with Gasteiger partial charge in [-0.15, -0.1) is 24.0 Å². The van der Waals surface area contributed by atoms with Gasteiger partial charge in [0.2, 0.25) is 11.8 Å². The van der Waals surface area contributed by atoms with Gasteiger partial charge in [0.25, 0.3) is 0 Å². The molecule has 1 aliphatic carbocycles. The van der Waals surface area contributed by atoms with E-state index in [0.29, 0.717) is 24.8 Å². The van der Waals surface area contributed by atoms with Crippen LogP contribution in [0.4, 0.5) is 0 Å². The van der Waals surface area contributed by atoms with Crippen molar-refractivity contribution in [3.05, 3.63) is 0 Å². The predicted octanol–water partition coefficient (Wildman–Crippen LogP) is 3.13. The molecule has 2 amide bonds. The van der Waals surface area contributed by atoms with Crippen molar-refractivity contribution in [3.8, 4) is 0 Å². The summed E-state index contributed by atoms with van der Waals surface area (Å²) in [5.41, 5.74) is 0. The zero-order chi connectivity index (χ0) is 21.2. The Kier molecular flexibility index (Phi) is 12.0. The molecule has 31 heavy (non-hydrogen) atoms. The largest absolute Gasteiger partial charge is 0.357 e. The Hall–Kier alpha value is -1.06. The van der Waals surface area contributed by atoms with Gasteiger partial charge in [-0.3, -0.25) is 14.6 Å². The van der Waals surface area contributed by atoms with Crippen molar-refractivity contribution < 1.29 is 9.59 Å². The van der Waals surface area contributed by atoms with Crippen LogP contribution < -0.4 is 10.6 Å². The first-order valence-electron chi connectivity index (χ1n) is 12.3. The molecule has 0 aromatic rings. The number of hydrogen-bond acceptors (Lipinski definition) is 3. The van der Waals surface area contributed by atoms with Gasteiger partial charge in [-0.2, -0.15) is 0 Å². The maximum atomic E-state index is 12.8. The maximum absolute atomic E-state index is 12.8. The van der Waals surface area contributed by atoms with E-state index in [1.165, 1.54) is 19.3 Å². The molecule has 8 heteroatoms. The van der Waals surface area contributed by atoms with E-state index in [-0.39, 0.29) is 35.9 Å². The molecule has 3 rings (SSSR count). The number of likely N-dealkylation sites (tertiary alicyclic amines) is 2. The topological polar surface area (TPSA) is 77.0 Å². The maximum Gasteiger partial charge on any atom is 0.225 e. The molecule has 2 N–H and O–H groups in total. The van der Waals surface area contributed by atoms with E-state index >= 15 is 0 Å². The highest BCUT2D eigenvalue weighted by atomic mass is 127. The zero-order valence-corrected chi connectivity index (χ0v) is 21.6. The summed E-state index contributed by atoms with van der Waals surface area (Å²) in [6.07, 6.45) is 11.7. The predicted molar refractivity (Wildman–Crippen MR) is 136 cm³/mol. The monoisotopic (exact) mass is 547 g/mol. The fourth-order valence-electron chi connectivity index (χ4n) is 4.93. The molecule has 0 aromatic heterocycles. The molecule has 0 aromatic carbocycles. The molecule has 3 aliphatic rings. The zero-order valence-electron chi connectivity index (χ0n) is 19.2. The Morgan fingerprint density at radius 1 is 1.06 bits per heavy atom. The number of nitrogens with zero attached hydrogens (tertiary/aromatic N) is 3. The number of amides is 2. The van der Waals surface area contributed by atoms with Gasteiger partial charge in [-0.05, 0) is 45.4 Å². The van der Waals surface area contributed by atoms with Gasteiger partial charge in [0.1, 0.15) is 0 Å². The molecule has 1 saturated carbocycles. The van der Waals surface area contributed by atoms with E-state index in [4.69, 9.17) is 4.99 Å². The third kappa shape index (κ3) is 8.42. The molecule has 178 valence electrons. The van der Waals surface area contributed by atoms with Crippen molar-refractivity contribution in [2.45, 2.75) is 83.6 Å². The lowest BCUT2D eigenvalue weighted by molar-refractivity contribution is -0.135. The number of aliphatic imine (C=N–C) groups is 1. The Morgan fingerprint density at radius 2 is 1.84 bits per heavy atom. The van der Waals surface area contributed by atoms with Crippen LogP contribution in [0.15, 0.2) is 4.99 Å². The van der Waals surface area contributed by atoms with Crippen LogP contribution in [0, 0.1) is 5.92 Å². The highest BCUT2D eigenvalue weighted by molar-refractivity contribution is 14.0. The summed E-state index contributed by atoms with van der Waals surface area (Å²) in [6, 6.07) is 0.266. The quantitative estimate of drug-likeness (QED) is 0.222. The van der Waals surface area contributed by atoms with E-state index in [9.17, 15) is 9.59 Å². The number of carbonyl (C=O) groups is 2. The highest BCUT2D eigenvalue weighted by Crippen LogP contribution is 2.26. The van der Waals surface area contributed by atoms with Crippen LogP contribution in [-0.4, -0.2) is 72.9 Å². The molecule has 2 saturated heterocycles. The minimum Gasteiger partial charge on any atom is -0.357 e. The average Bonchev–Trinajstić information content (AvgIpc) is 3.13. The number of guanidine groups is 1. The second-order valence-corrected chi connectivity index (χ2v) is 9.05. The van der Waals surface area contributed by atoms with Gasteiger partial charge in [-0.1, -0.05) is 25.7 Å². The van der Waals surface area contributed by atoms with Gasteiger partial charge >= 0.3 is 0 Å². The normalized spacial score (nSPS) is 23.3. The van der Waals surface area contributed by atoms with Gasteiger partial charge in [-0.25, -0.2) is 0 Å². The van der Waals surface area contributed by atoms with Crippen LogP contribution in [0.3, 0.4) is 0 Å². The molecular formula is C23H42IN5O2. The van der Waals surface area contributed by atoms with Crippen molar-refractivity contribution in [2.75, 3.05) is 39.3 Å². The van der Waals surface area contributed by atoms with Crippen molar-refractivity contribution in [2.24, 2.45) is 10.9 Å². The van der Waals surface area contributed by atoms with Crippen molar-refractivity contribution in [3.63, 3.8) is 0 Å². The summed E-state index contributed by atoms with van der Waals surface area (Å²) < 4.78 is 0. The number of rotatable bonds is 7. The molecular weight excluding hydrogens is 505 g/mol. The Balaban J connectivity index is 0.00000341. The van der Waals surface area contributed by atoms with Crippen molar-refractivity contribution in [1.82, 2.24) is 20.4 Å². The lowest BCUT2D eigenvalue weighted by Gasteiger charge is -2.26. The van der Waals surface area contributed by atoms with Crippen molar-refractivity contribution in [1.29, 1.82) is 0 Å². The van der Waals surface area contributed by atoms with E-state index in [0.717, 1.165) is 83.6 Å². The Bertz CT molecular complexity index is 595. The molecule has 1 unspecified atom stereocenters. The van der Waals surface area contributed by atoms with Crippen LogP contribution >= 0.6 is 24.0 Å². The SMILES string of the molecule is CCNC(=NCCCN1CCCCCC1=O)NC1CCN(C(=O)C2CCCCC2)C1.I. The average molecular weight is 548 g/mol. The smallest absolute Gasteiger partial charge is 0.225 e. The van der Waals surface area contributed by atoms with Gasteiger partial charge < -0.3 is 20.4 Å². The van der Waals surface area contributed by atoms with Gasteiger partial charge in [0, 0.05) is 57.6 Å². The third-order valence-corrected chi connectivity index (χ3v) is 6.67. The Morgan fingerprint density at radius 3 is 2.61 bits per heavy atom. The summed E-state index contributed by atoms with van der Waals surface area (Å²) in [6.45, 7) is 6.92. The minimum absolute atomic E-state index is 0. The summed E-state index contributed by atoms with van der Waals surface area (Å²) in [7, 11) is 0. The standard InChI is InChI=1S/C23H41N5O2.HI/c1-2-24-23(25-14-9-16-27-15-8-4-7-12-21(27)29)26-20-13-17-28(18-20)22(30)19-10-5-3-6-11-19;/h19-20H,2-18H2,1H3,(H2,24,25,26);1H. The summed E-state index contributed by atoms with van der Waals surface area (Å²) in [5.74, 6) is 1.75. The second kappa shape index (κ2) is 14.2. The fraction of sp³-hybridized carbons (Fsp3) is 0.870. The molecule has 2 heterocycles. The number of nitrogens with one attached hydrogen (secondary N) is 2. The van der Waals surface area contributed by atoms with Crippen molar-refractivity contribution >= 4 is 41.8 Å². The first-order chi connectivity index (χ1) is 14.7. The number of hydrogen-bond donors (Lipinski definition) is 2. The minimum atomic E-state index is 0. The summed E-state index contributed by atoms with van der Waals surface area (Å²) in [4.78, 5) is 33.7. The molecule has 7 nitrogen and oxygen atoms in total. The van der Waals surface area contributed by atoms with E-state index in [1.54, 1.807) is 0 Å². The molecule has 1 atom stereocenters. The molecule has 3 fully saturated rings. The van der Waals surface area contributed by atoms with Crippen LogP contribution in [0.25, 0.3) is 0 Å². The Labute approximate surface area is 205 Å². The molecule has 0 radical (unpaired) electrons. The van der Waals surface area contributed by atoms with Crippen LogP contribution in [-0.2, 0) is 9.59 Å². The summed E-state index contributed by atoms with van der Waals surface area (Å²) in [5, 5.41) is 6.86. The fourth-order valence-corrected chi connectivity index (χ4v) is 4.93. The first kappa shape index (κ1) is 26.2. The van der Waals surface area contributed by atoms with Crippen LogP contribution in [0.5, 0.6) is 0 Å². The lowest BCUT2D eigenvalue weighted by Crippen LogP contribution is -2.45. The molecule has 2 aliphatic heterocycles. The molecule has 0 bridgehead atoms. The van der Waals surface area contributed by atoms with E-state index < -0.39 is 0 Å². The van der Waals surface area contributed by atoms with Crippen LogP contribution in [0.1, 0.15) is 77.6 Å².